The van der Waals surface area contributed by atoms with Gasteiger partial charge in [0.2, 0.25) is 0 Å². The Bertz CT molecular complexity index is 390. The quantitative estimate of drug-likeness (QED) is 0.906. The second-order valence-corrected chi connectivity index (χ2v) is 6.65. The summed E-state index contributed by atoms with van der Waals surface area (Å²) in [6.45, 7) is 5.77. The molecular weight excluding hydrogens is 242 g/mol. The zero-order chi connectivity index (χ0) is 12.4. The maximum absolute atomic E-state index is 4.49. The SMILES string of the molecule is CCc1cnc(CNC2CCN3CCCCC23)s1. The van der Waals surface area contributed by atoms with Crippen LogP contribution in [0.25, 0.3) is 0 Å². The summed E-state index contributed by atoms with van der Waals surface area (Å²) < 4.78 is 0. The summed E-state index contributed by atoms with van der Waals surface area (Å²) >= 11 is 1.86. The number of aryl methyl sites for hydroxylation is 1. The van der Waals surface area contributed by atoms with Crippen LogP contribution < -0.4 is 5.32 Å². The Morgan fingerprint density at radius 1 is 1.39 bits per heavy atom. The van der Waals surface area contributed by atoms with Gasteiger partial charge < -0.3 is 5.32 Å². The Balaban J connectivity index is 1.53. The van der Waals surface area contributed by atoms with Crippen LogP contribution in [-0.2, 0) is 13.0 Å². The van der Waals surface area contributed by atoms with E-state index in [4.69, 9.17) is 0 Å². The smallest absolute Gasteiger partial charge is 0.107 e. The molecule has 0 saturated carbocycles. The number of thiazole rings is 1. The number of nitrogens with zero attached hydrogens (tertiary/aromatic N) is 2. The molecule has 2 aliphatic rings. The summed E-state index contributed by atoms with van der Waals surface area (Å²) in [4.78, 5) is 8.58. The van der Waals surface area contributed by atoms with Crippen molar-refractivity contribution in [2.24, 2.45) is 0 Å². The van der Waals surface area contributed by atoms with Crippen LogP contribution in [0.1, 0.15) is 42.5 Å². The van der Waals surface area contributed by atoms with Crippen molar-refractivity contribution in [1.29, 1.82) is 0 Å². The van der Waals surface area contributed by atoms with Gasteiger partial charge in [-0.3, -0.25) is 4.90 Å². The highest BCUT2D eigenvalue weighted by molar-refractivity contribution is 7.11. The summed E-state index contributed by atoms with van der Waals surface area (Å²) in [6.07, 6.45) is 8.65. The van der Waals surface area contributed by atoms with Gasteiger partial charge in [0.1, 0.15) is 5.01 Å². The fourth-order valence-corrected chi connectivity index (χ4v) is 4.11. The Morgan fingerprint density at radius 3 is 3.17 bits per heavy atom. The minimum absolute atomic E-state index is 0.694. The van der Waals surface area contributed by atoms with Crippen LogP contribution in [0.2, 0.25) is 0 Å². The molecule has 0 aliphatic carbocycles. The average Bonchev–Trinajstić information content (AvgIpc) is 3.03. The van der Waals surface area contributed by atoms with Gasteiger partial charge in [-0.15, -0.1) is 11.3 Å². The van der Waals surface area contributed by atoms with E-state index in [0.717, 1.165) is 19.0 Å². The summed E-state index contributed by atoms with van der Waals surface area (Å²) in [5.74, 6) is 0. The molecule has 0 spiro atoms. The van der Waals surface area contributed by atoms with Crippen molar-refractivity contribution in [2.75, 3.05) is 13.1 Å². The van der Waals surface area contributed by atoms with E-state index in [-0.39, 0.29) is 0 Å². The lowest BCUT2D eigenvalue weighted by molar-refractivity contribution is 0.180. The molecule has 0 aromatic carbocycles. The van der Waals surface area contributed by atoms with E-state index in [1.807, 2.05) is 17.5 Å². The maximum atomic E-state index is 4.49. The minimum Gasteiger partial charge on any atom is -0.306 e. The van der Waals surface area contributed by atoms with Gasteiger partial charge in [-0.25, -0.2) is 4.98 Å². The van der Waals surface area contributed by atoms with E-state index in [2.05, 4.69) is 22.1 Å². The van der Waals surface area contributed by atoms with Gasteiger partial charge in [-0.2, -0.15) is 0 Å². The molecular formula is C14H23N3S. The molecule has 0 radical (unpaired) electrons. The van der Waals surface area contributed by atoms with Crippen molar-refractivity contribution in [2.45, 2.75) is 57.7 Å². The molecule has 2 aliphatic heterocycles. The van der Waals surface area contributed by atoms with Crippen LogP contribution in [0.15, 0.2) is 6.20 Å². The number of hydrogen-bond donors (Lipinski definition) is 1. The highest BCUT2D eigenvalue weighted by Gasteiger charge is 2.34. The molecule has 3 rings (SSSR count). The van der Waals surface area contributed by atoms with Crippen molar-refractivity contribution < 1.29 is 0 Å². The summed E-state index contributed by atoms with van der Waals surface area (Å²) in [7, 11) is 0. The third kappa shape index (κ3) is 2.60. The van der Waals surface area contributed by atoms with Crippen molar-refractivity contribution >= 4 is 11.3 Å². The van der Waals surface area contributed by atoms with Gasteiger partial charge in [-0.1, -0.05) is 13.3 Å². The van der Waals surface area contributed by atoms with Crippen LogP contribution in [0, 0.1) is 0 Å². The first-order chi connectivity index (χ1) is 8.86. The van der Waals surface area contributed by atoms with Crippen LogP contribution in [0.5, 0.6) is 0 Å². The normalized spacial score (nSPS) is 28.5. The van der Waals surface area contributed by atoms with Crippen LogP contribution in [0.4, 0.5) is 0 Å². The fourth-order valence-electron chi connectivity index (χ4n) is 3.30. The average molecular weight is 265 g/mol. The number of nitrogens with one attached hydrogen (secondary N) is 1. The van der Waals surface area contributed by atoms with Gasteiger partial charge in [0.15, 0.2) is 0 Å². The first kappa shape index (κ1) is 12.6. The number of hydrogen-bond acceptors (Lipinski definition) is 4. The fraction of sp³-hybridized carbons (Fsp3) is 0.786. The van der Waals surface area contributed by atoms with E-state index >= 15 is 0 Å². The molecule has 1 N–H and O–H groups in total. The van der Waals surface area contributed by atoms with E-state index in [0.29, 0.717) is 6.04 Å². The molecule has 100 valence electrons. The van der Waals surface area contributed by atoms with Crippen LogP contribution in [0.3, 0.4) is 0 Å². The van der Waals surface area contributed by atoms with E-state index in [9.17, 15) is 0 Å². The Labute approximate surface area is 114 Å². The number of rotatable bonds is 4. The van der Waals surface area contributed by atoms with Crippen molar-refractivity contribution in [3.63, 3.8) is 0 Å². The molecule has 18 heavy (non-hydrogen) atoms. The monoisotopic (exact) mass is 265 g/mol. The highest BCUT2D eigenvalue weighted by Crippen LogP contribution is 2.27. The molecule has 3 heterocycles. The topological polar surface area (TPSA) is 28.2 Å². The number of fused-ring (bicyclic) bond motifs is 1. The standard InChI is InChI=1S/C14H23N3S/c1-2-11-9-16-14(18-11)10-15-12-6-8-17-7-4-3-5-13(12)17/h9,12-13,15H,2-8,10H2,1H3. The van der Waals surface area contributed by atoms with Crippen molar-refractivity contribution in [3.05, 3.63) is 16.1 Å². The highest BCUT2D eigenvalue weighted by atomic mass is 32.1. The van der Waals surface area contributed by atoms with Gasteiger partial charge in [-0.05, 0) is 32.2 Å². The van der Waals surface area contributed by atoms with Gasteiger partial charge in [0.05, 0.1) is 0 Å². The number of piperidine rings is 1. The second-order valence-electron chi connectivity index (χ2n) is 5.45. The lowest BCUT2D eigenvalue weighted by Crippen LogP contribution is -2.44. The zero-order valence-corrected chi connectivity index (χ0v) is 12.0. The van der Waals surface area contributed by atoms with Gasteiger partial charge >= 0.3 is 0 Å². The molecule has 0 bridgehead atoms. The molecule has 0 amide bonds. The predicted molar refractivity (Wildman–Crippen MR) is 75.9 cm³/mol. The van der Waals surface area contributed by atoms with Gasteiger partial charge in [0, 0.05) is 36.2 Å². The van der Waals surface area contributed by atoms with Gasteiger partial charge in [0.25, 0.3) is 0 Å². The third-order valence-electron chi connectivity index (χ3n) is 4.32. The Kier molecular flexibility index (Phi) is 3.97. The molecule has 1 aromatic rings. The van der Waals surface area contributed by atoms with E-state index in [1.165, 1.54) is 48.7 Å². The lowest BCUT2D eigenvalue weighted by Gasteiger charge is -2.32. The van der Waals surface area contributed by atoms with Crippen molar-refractivity contribution in [1.82, 2.24) is 15.2 Å². The first-order valence-corrected chi connectivity index (χ1v) is 8.09. The Morgan fingerprint density at radius 2 is 2.33 bits per heavy atom. The summed E-state index contributed by atoms with van der Waals surface area (Å²) in [5.41, 5.74) is 0. The minimum atomic E-state index is 0.694. The molecule has 3 nitrogen and oxygen atoms in total. The predicted octanol–water partition coefficient (Wildman–Crippen LogP) is 2.42. The summed E-state index contributed by atoms with van der Waals surface area (Å²) in [6, 6.07) is 1.49. The molecule has 2 unspecified atom stereocenters. The second kappa shape index (κ2) is 5.68. The molecule has 2 atom stereocenters. The van der Waals surface area contributed by atoms with Crippen LogP contribution in [-0.4, -0.2) is 35.1 Å². The zero-order valence-electron chi connectivity index (χ0n) is 11.2. The number of aromatic nitrogens is 1. The molecule has 4 heteroatoms. The van der Waals surface area contributed by atoms with E-state index < -0.39 is 0 Å². The van der Waals surface area contributed by atoms with E-state index in [1.54, 1.807) is 0 Å². The summed E-state index contributed by atoms with van der Waals surface area (Å²) in [5, 5.41) is 4.99. The van der Waals surface area contributed by atoms with Crippen LogP contribution >= 0.6 is 11.3 Å². The maximum Gasteiger partial charge on any atom is 0.107 e. The van der Waals surface area contributed by atoms with Crippen molar-refractivity contribution in [3.8, 4) is 0 Å². The third-order valence-corrected chi connectivity index (χ3v) is 5.46. The molecule has 2 saturated heterocycles. The largest absolute Gasteiger partial charge is 0.306 e. The Hall–Kier alpha value is -0.450. The first-order valence-electron chi connectivity index (χ1n) is 7.28. The molecule has 1 aromatic heterocycles. The molecule has 2 fully saturated rings. The lowest BCUT2D eigenvalue weighted by atomic mass is 9.99.